The lowest BCUT2D eigenvalue weighted by molar-refractivity contribution is 0.0788. The molecule has 1 aromatic heterocycles. The average molecular weight is 525 g/mol. The van der Waals surface area contributed by atoms with Crippen molar-refractivity contribution in [2.75, 3.05) is 26.2 Å². The molecule has 5 nitrogen and oxygen atoms in total. The summed E-state index contributed by atoms with van der Waals surface area (Å²) in [6.07, 6.45) is 4.78. The van der Waals surface area contributed by atoms with Gasteiger partial charge in [0.05, 0.1) is 23.1 Å². The minimum absolute atomic E-state index is 0.102. The van der Waals surface area contributed by atoms with E-state index >= 15 is 0 Å². The van der Waals surface area contributed by atoms with Crippen LogP contribution in [0, 0.1) is 0 Å². The smallest absolute Gasteiger partial charge is 0.257 e. The molecule has 0 spiro atoms. The summed E-state index contributed by atoms with van der Waals surface area (Å²) in [5.74, 6) is 0.758. The predicted octanol–water partition coefficient (Wildman–Crippen LogP) is 6.54. The van der Waals surface area contributed by atoms with Gasteiger partial charge < -0.3 is 4.90 Å². The molecule has 4 aromatic rings. The highest BCUT2D eigenvalue weighted by Crippen LogP contribution is 2.35. The highest BCUT2D eigenvalue weighted by molar-refractivity contribution is 6.30. The number of amides is 1. The second-order valence-corrected chi connectivity index (χ2v) is 11.0. The fourth-order valence-corrected chi connectivity index (χ4v) is 6.15. The highest BCUT2D eigenvalue weighted by atomic mass is 35.5. The molecule has 0 saturated carbocycles. The average Bonchev–Trinajstić information content (AvgIpc) is 3.63. The molecule has 0 radical (unpaired) electrons. The Morgan fingerprint density at radius 2 is 1.47 bits per heavy atom. The first-order valence-electron chi connectivity index (χ1n) is 13.6. The molecule has 1 amide bonds. The molecule has 1 atom stereocenters. The first-order chi connectivity index (χ1) is 18.7. The molecule has 2 fully saturated rings. The Morgan fingerprint density at radius 1 is 0.816 bits per heavy atom. The number of rotatable bonds is 6. The largest absolute Gasteiger partial charge is 0.338 e. The summed E-state index contributed by atoms with van der Waals surface area (Å²) in [4.78, 5) is 18.5. The van der Waals surface area contributed by atoms with Gasteiger partial charge in [0.15, 0.2) is 0 Å². The Labute approximate surface area is 229 Å². The molecule has 3 heterocycles. The first-order valence-corrected chi connectivity index (χ1v) is 14.0. The summed E-state index contributed by atoms with van der Waals surface area (Å²) < 4.78 is 1.98. The monoisotopic (exact) mass is 524 g/mol. The van der Waals surface area contributed by atoms with Gasteiger partial charge in [-0.3, -0.25) is 9.69 Å². The summed E-state index contributed by atoms with van der Waals surface area (Å²) in [5, 5.41) is 5.45. The molecule has 194 valence electrons. The van der Waals surface area contributed by atoms with Gasteiger partial charge in [0.25, 0.3) is 5.91 Å². The lowest BCUT2D eigenvalue weighted by atomic mass is 9.90. The molecule has 2 saturated heterocycles. The van der Waals surface area contributed by atoms with E-state index in [0.29, 0.717) is 10.9 Å². The van der Waals surface area contributed by atoms with E-state index in [1.54, 1.807) is 6.20 Å². The third kappa shape index (κ3) is 5.27. The van der Waals surface area contributed by atoms with Crippen LogP contribution in [0.2, 0.25) is 5.02 Å². The first kappa shape index (κ1) is 24.9. The van der Waals surface area contributed by atoms with Crippen molar-refractivity contribution >= 4 is 17.5 Å². The lowest BCUT2D eigenvalue weighted by Gasteiger charge is -2.33. The number of hydrogen-bond donors (Lipinski definition) is 0. The van der Waals surface area contributed by atoms with Crippen LogP contribution < -0.4 is 0 Å². The standard InChI is InChI=1S/C32H33ClN4O/c33-28-11-13-29(14-12-28)37-31(26-15-18-35(19-16-26)22-24-7-3-1-4-8-24)30(21-34-37)32(38)36-20-17-27(23-36)25-9-5-2-6-10-25/h1-14,21,26-27H,15-20,22-23H2/t27-/m0/s1. The van der Waals surface area contributed by atoms with Gasteiger partial charge in [-0.1, -0.05) is 72.3 Å². The maximum absolute atomic E-state index is 13.9. The summed E-state index contributed by atoms with van der Waals surface area (Å²) in [5.41, 5.74) is 5.38. The molecule has 0 N–H and O–H groups in total. The Morgan fingerprint density at radius 3 is 2.18 bits per heavy atom. The minimum atomic E-state index is 0.102. The Bertz CT molecular complexity index is 1360. The van der Waals surface area contributed by atoms with E-state index in [-0.39, 0.29) is 11.8 Å². The number of carbonyl (C=O) groups is 1. The fraction of sp³-hybridized carbons (Fsp3) is 0.312. The Kier molecular flexibility index (Phi) is 7.30. The van der Waals surface area contributed by atoms with E-state index in [1.807, 2.05) is 39.9 Å². The maximum atomic E-state index is 13.9. The second kappa shape index (κ2) is 11.1. The van der Waals surface area contributed by atoms with Crippen LogP contribution in [-0.2, 0) is 6.54 Å². The third-order valence-corrected chi connectivity index (χ3v) is 8.33. The van der Waals surface area contributed by atoms with Crippen molar-refractivity contribution in [2.24, 2.45) is 0 Å². The van der Waals surface area contributed by atoms with Crippen LogP contribution in [0.1, 0.15) is 58.3 Å². The van der Waals surface area contributed by atoms with Crippen molar-refractivity contribution < 1.29 is 4.79 Å². The van der Waals surface area contributed by atoms with Crippen molar-refractivity contribution in [2.45, 2.75) is 37.6 Å². The van der Waals surface area contributed by atoms with Crippen molar-refractivity contribution in [1.29, 1.82) is 0 Å². The zero-order valence-electron chi connectivity index (χ0n) is 21.5. The highest BCUT2D eigenvalue weighted by Gasteiger charge is 2.34. The maximum Gasteiger partial charge on any atom is 0.257 e. The van der Waals surface area contributed by atoms with Gasteiger partial charge in [0.1, 0.15) is 0 Å². The van der Waals surface area contributed by atoms with E-state index in [4.69, 9.17) is 16.7 Å². The van der Waals surface area contributed by atoms with Crippen molar-refractivity contribution in [3.8, 4) is 5.69 Å². The third-order valence-electron chi connectivity index (χ3n) is 8.08. The fourth-order valence-electron chi connectivity index (χ4n) is 6.02. The SMILES string of the molecule is O=C(c1cnn(-c2ccc(Cl)cc2)c1C1CCN(Cc2ccccc2)CC1)N1CC[C@H](c2ccccc2)C1. The van der Waals surface area contributed by atoms with E-state index in [1.165, 1.54) is 11.1 Å². The predicted molar refractivity (Wildman–Crippen MR) is 152 cm³/mol. The van der Waals surface area contributed by atoms with Gasteiger partial charge >= 0.3 is 0 Å². The number of likely N-dealkylation sites (tertiary alicyclic amines) is 2. The van der Waals surface area contributed by atoms with E-state index in [0.717, 1.165) is 68.9 Å². The van der Waals surface area contributed by atoms with Crippen molar-refractivity contribution in [3.63, 3.8) is 0 Å². The summed E-state index contributed by atoms with van der Waals surface area (Å²) in [6.45, 7) is 4.49. The normalized spacial score (nSPS) is 18.7. The van der Waals surface area contributed by atoms with Crippen LogP contribution in [0.15, 0.2) is 91.1 Å². The molecule has 2 aliphatic rings. The molecule has 2 aliphatic heterocycles. The Hall–Kier alpha value is -3.41. The summed E-state index contributed by atoms with van der Waals surface area (Å²) in [6, 6.07) is 28.9. The molecule has 0 bridgehead atoms. The number of carbonyl (C=O) groups excluding carboxylic acids is 1. The Balaban J connectivity index is 1.24. The van der Waals surface area contributed by atoms with Crippen LogP contribution in [0.25, 0.3) is 5.69 Å². The molecular formula is C32H33ClN4O. The van der Waals surface area contributed by atoms with E-state index in [2.05, 4.69) is 59.5 Å². The molecule has 3 aromatic carbocycles. The van der Waals surface area contributed by atoms with E-state index in [9.17, 15) is 4.79 Å². The number of hydrogen-bond acceptors (Lipinski definition) is 3. The number of halogens is 1. The number of nitrogens with zero attached hydrogens (tertiary/aromatic N) is 4. The van der Waals surface area contributed by atoms with Gasteiger partial charge in [-0.15, -0.1) is 0 Å². The van der Waals surface area contributed by atoms with Crippen LogP contribution in [0.5, 0.6) is 0 Å². The molecule has 0 unspecified atom stereocenters. The minimum Gasteiger partial charge on any atom is -0.338 e. The van der Waals surface area contributed by atoms with Gasteiger partial charge in [0.2, 0.25) is 0 Å². The lowest BCUT2D eigenvalue weighted by Crippen LogP contribution is -2.34. The van der Waals surface area contributed by atoms with Crippen LogP contribution >= 0.6 is 11.6 Å². The molecule has 0 aliphatic carbocycles. The van der Waals surface area contributed by atoms with Gasteiger partial charge in [0, 0.05) is 36.5 Å². The number of piperidine rings is 1. The quantitative estimate of drug-likeness (QED) is 0.288. The van der Waals surface area contributed by atoms with Crippen LogP contribution in [0.3, 0.4) is 0 Å². The van der Waals surface area contributed by atoms with Gasteiger partial charge in [-0.05, 0) is 67.7 Å². The zero-order chi connectivity index (χ0) is 25.9. The van der Waals surface area contributed by atoms with Gasteiger partial charge in [-0.25, -0.2) is 4.68 Å². The number of benzene rings is 3. The van der Waals surface area contributed by atoms with Crippen molar-refractivity contribution in [1.82, 2.24) is 19.6 Å². The molecule has 6 rings (SSSR count). The summed E-state index contributed by atoms with van der Waals surface area (Å²) >= 11 is 6.18. The van der Waals surface area contributed by atoms with E-state index < -0.39 is 0 Å². The summed E-state index contributed by atoms with van der Waals surface area (Å²) in [7, 11) is 0. The van der Waals surface area contributed by atoms with Crippen LogP contribution in [-0.4, -0.2) is 51.7 Å². The van der Waals surface area contributed by atoms with Crippen molar-refractivity contribution in [3.05, 3.63) is 119 Å². The number of aromatic nitrogens is 2. The molecule has 38 heavy (non-hydrogen) atoms. The van der Waals surface area contributed by atoms with Gasteiger partial charge in [-0.2, -0.15) is 5.10 Å². The molecule has 6 heteroatoms. The molecular weight excluding hydrogens is 492 g/mol. The zero-order valence-corrected chi connectivity index (χ0v) is 22.3. The van der Waals surface area contributed by atoms with Crippen LogP contribution in [0.4, 0.5) is 0 Å². The second-order valence-electron chi connectivity index (χ2n) is 10.5. The topological polar surface area (TPSA) is 41.4 Å².